The van der Waals surface area contributed by atoms with Gasteiger partial charge in [0.1, 0.15) is 0 Å². The maximum Gasteiger partial charge on any atom is 0.307 e. The lowest BCUT2D eigenvalue weighted by molar-refractivity contribution is -0.145. The van der Waals surface area contributed by atoms with Gasteiger partial charge in [-0.15, -0.1) is 0 Å². The Balaban J connectivity index is 1.68. The first-order valence-electron chi connectivity index (χ1n) is 7.19. The molecule has 0 amide bonds. The zero-order valence-electron chi connectivity index (χ0n) is 11.2. The van der Waals surface area contributed by atoms with Crippen LogP contribution in [-0.2, 0) is 11.3 Å². The molecule has 3 heteroatoms. The van der Waals surface area contributed by atoms with Gasteiger partial charge in [-0.1, -0.05) is 36.8 Å². The quantitative estimate of drug-likeness (QED) is 0.907. The van der Waals surface area contributed by atoms with E-state index in [-0.39, 0.29) is 11.3 Å². The average molecular weight is 259 g/mol. The molecule has 2 aliphatic rings. The number of hydrogen-bond donors (Lipinski definition) is 1. The van der Waals surface area contributed by atoms with Gasteiger partial charge in [0.05, 0.1) is 5.92 Å². The van der Waals surface area contributed by atoms with Crippen LogP contribution in [0.2, 0.25) is 0 Å². The lowest BCUT2D eigenvalue weighted by Gasteiger charge is -2.28. The van der Waals surface area contributed by atoms with Crippen LogP contribution in [0.25, 0.3) is 0 Å². The van der Waals surface area contributed by atoms with Crippen molar-refractivity contribution < 1.29 is 9.90 Å². The summed E-state index contributed by atoms with van der Waals surface area (Å²) in [6, 6.07) is 10.5. The molecule has 1 aliphatic heterocycles. The number of likely N-dealkylation sites (tertiary alicyclic amines) is 1. The number of benzene rings is 1. The topological polar surface area (TPSA) is 40.5 Å². The van der Waals surface area contributed by atoms with Crippen molar-refractivity contribution in [3.8, 4) is 0 Å². The molecule has 19 heavy (non-hydrogen) atoms. The highest BCUT2D eigenvalue weighted by atomic mass is 16.4. The van der Waals surface area contributed by atoms with E-state index in [4.69, 9.17) is 0 Å². The van der Waals surface area contributed by atoms with Gasteiger partial charge in [0.25, 0.3) is 0 Å². The minimum absolute atomic E-state index is 0.0562. The normalized spacial score (nSPS) is 31.1. The first-order chi connectivity index (χ1) is 9.20. The van der Waals surface area contributed by atoms with Gasteiger partial charge in [-0.25, -0.2) is 0 Å². The summed E-state index contributed by atoms with van der Waals surface area (Å²) < 4.78 is 0. The van der Waals surface area contributed by atoms with Crippen LogP contribution in [-0.4, -0.2) is 29.1 Å². The molecule has 0 radical (unpaired) electrons. The van der Waals surface area contributed by atoms with Gasteiger partial charge in [-0.3, -0.25) is 9.69 Å². The van der Waals surface area contributed by atoms with Crippen molar-refractivity contribution in [1.29, 1.82) is 0 Å². The SMILES string of the molecule is O=C(O)[C@H]1CCC[C@]12CCN(Cc1ccccc1)C2. The van der Waals surface area contributed by atoms with Gasteiger partial charge >= 0.3 is 5.97 Å². The van der Waals surface area contributed by atoms with Crippen molar-refractivity contribution in [2.45, 2.75) is 32.2 Å². The third-order valence-corrected chi connectivity index (χ3v) is 4.92. The van der Waals surface area contributed by atoms with E-state index in [1.807, 2.05) is 6.07 Å². The van der Waals surface area contributed by atoms with Crippen molar-refractivity contribution in [3.05, 3.63) is 35.9 Å². The van der Waals surface area contributed by atoms with Gasteiger partial charge in [-0.05, 0) is 36.8 Å². The molecule has 2 atom stereocenters. The van der Waals surface area contributed by atoms with Crippen LogP contribution in [0.4, 0.5) is 0 Å². The predicted molar refractivity (Wildman–Crippen MR) is 73.7 cm³/mol. The highest BCUT2D eigenvalue weighted by Gasteiger charge is 2.50. The maximum absolute atomic E-state index is 11.4. The number of carbonyl (C=O) groups is 1. The molecule has 3 rings (SSSR count). The van der Waals surface area contributed by atoms with Crippen LogP contribution >= 0.6 is 0 Å². The van der Waals surface area contributed by atoms with Crippen LogP contribution in [0.3, 0.4) is 0 Å². The predicted octanol–water partition coefficient (Wildman–Crippen LogP) is 2.76. The Labute approximate surface area is 114 Å². The number of aliphatic carboxylic acids is 1. The van der Waals surface area contributed by atoms with Crippen molar-refractivity contribution in [2.75, 3.05) is 13.1 Å². The third kappa shape index (κ3) is 2.39. The molecule has 0 bridgehead atoms. The summed E-state index contributed by atoms with van der Waals surface area (Å²) in [4.78, 5) is 13.8. The number of carboxylic acid groups (broad SMARTS) is 1. The summed E-state index contributed by atoms with van der Waals surface area (Å²) >= 11 is 0. The van der Waals surface area contributed by atoms with E-state index < -0.39 is 5.97 Å². The second kappa shape index (κ2) is 4.97. The molecule has 1 saturated carbocycles. The number of carboxylic acids is 1. The number of hydrogen-bond acceptors (Lipinski definition) is 2. The van der Waals surface area contributed by atoms with Gasteiger partial charge < -0.3 is 5.11 Å². The lowest BCUT2D eigenvalue weighted by Crippen LogP contribution is -2.34. The lowest BCUT2D eigenvalue weighted by atomic mass is 9.77. The van der Waals surface area contributed by atoms with Gasteiger partial charge in [0.2, 0.25) is 0 Å². The van der Waals surface area contributed by atoms with E-state index >= 15 is 0 Å². The number of nitrogens with zero attached hydrogens (tertiary/aromatic N) is 1. The van der Waals surface area contributed by atoms with Crippen molar-refractivity contribution in [1.82, 2.24) is 4.90 Å². The Morgan fingerprint density at radius 2 is 2.11 bits per heavy atom. The smallest absolute Gasteiger partial charge is 0.307 e. The highest BCUT2D eigenvalue weighted by molar-refractivity contribution is 5.71. The zero-order valence-corrected chi connectivity index (χ0v) is 11.2. The molecule has 3 nitrogen and oxygen atoms in total. The Bertz CT molecular complexity index is 459. The number of rotatable bonds is 3. The fraction of sp³-hybridized carbons (Fsp3) is 0.562. The zero-order chi connectivity index (χ0) is 13.3. The van der Waals surface area contributed by atoms with Crippen LogP contribution < -0.4 is 0 Å². The molecular formula is C16H21NO2. The van der Waals surface area contributed by atoms with Crippen molar-refractivity contribution >= 4 is 5.97 Å². The summed E-state index contributed by atoms with van der Waals surface area (Å²) in [5.74, 6) is -0.702. The Hall–Kier alpha value is -1.35. The first-order valence-corrected chi connectivity index (χ1v) is 7.19. The minimum atomic E-state index is -0.584. The largest absolute Gasteiger partial charge is 0.481 e. The summed E-state index contributed by atoms with van der Waals surface area (Å²) in [7, 11) is 0. The van der Waals surface area contributed by atoms with Crippen LogP contribution in [0.15, 0.2) is 30.3 Å². The maximum atomic E-state index is 11.4. The monoisotopic (exact) mass is 259 g/mol. The molecule has 1 heterocycles. The fourth-order valence-electron chi connectivity index (χ4n) is 3.97. The first kappa shape index (κ1) is 12.7. The molecule has 1 spiro atoms. The molecule has 0 aromatic heterocycles. The Morgan fingerprint density at radius 1 is 1.32 bits per heavy atom. The molecule has 1 aliphatic carbocycles. The summed E-state index contributed by atoms with van der Waals surface area (Å²) in [5, 5.41) is 9.40. The standard InChI is InChI=1S/C16H21NO2/c18-15(19)14-7-4-8-16(14)9-10-17(12-16)11-13-5-2-1-3-6-13/h1-3,5-6,14H,4,7-12H2,(H,18,19)/t14-,16-/m1/s1. The second-order valence-electron chi connectivity index (χ2n) is 6.09. The van der Waals surface area contributed by atoms with Crippen molar-refractivity contribution in [2.24, 2.45) is 11.3 Å². The summed E-state index contributed by atoms with van der Waals surface area (Å²) in [5.41, 5.74) is 1.38. The molecule has 1 aromatic carbocycles. The average Bonchev–Trinajstić information content (AvgIpc) is 2.99. The molecule has 1 saturated heterocycles. The van der Waals surface area contributed by atoms with Gasteiger partial charge in [-0.2, -0.15) is 0 Å². The molecule has 0 unspecified atom stereocenters. The molecule has 2 fully saturated rings. The highest BCUT2D eigenvalue weighted by Crippen LogP contribution is 2.49. The minimum Gasteiger partial charge on any atom is -0.481 e. The van der Waals surface area contributed by atoms with Crippen molar-refractivity contribution in [3.63, 3.8) is 0 Å². The van der Waals surface area contributed by atoms with E-state index in [0.717, 1.165) is 45.3 Å². The van der Waals surface area contributed by atoms with E-state index in [2.05, 4.69) is 29.2 Å². The van der Waals surface area contributed by atoms with E-state index in [1.165, 1.54) is 5.56 Å². The second-order valence-corrected chi connectivity index (χ2v) is 6.09. The van der Waals surface area contributed by atoms with E-state index in [0.29, 0.717) is 0 Å². The van der Waals surface area contributed by atoms with Crippen LogP contribution in [0.5, 0.6) is 0 Å². The summed E-state index contributed by atoms with van der Waals surface area (Å²) in [6.07, 6.45) is 4.09. The molecular weight excluding hydrogens is 238 g/mol. The Kier molecular flexibility index (Phi) is 3.31. The third-order valence-electron chi connectivity index (χ3n) is 4.92. The van der Waals surface area contributed by atoms with Gasteiger partial charge in [0.15, 0.2) is 0 Å². The summed E-state index contributed by atoms with van der Waals surface area (Å²) in [6.45, 7) is 2.95. The van der Waals surface area contributed by atoms with Gasteiger partial charge in [0, 0.05) is 13.1 Å². The molecule has 102 valence electrons. The van der Waals surface area contributed by atoms with Crippen LogP contribution in [0, 0.1) is 11.3 Å². The van der Waals surface area contributed by atoms with E-state index in [9.17, 15) is 9.90 Å². The Morgan fingerprint density at radius 3 is 2.84 bits per heavy atom. The molecule has 1 N–H and O–H groups in total. The molecule has 1 aromatic rings. The van der Waals surface area contributed by atoms with Crippen LogP contribution in [0.1, 0.15) is 31.2 Å². The van der Waals surface area contributed by atoms with E-state index in [1.54, 1.807) is 0 Å². The fourth-order valence-corrected chi connectivity index (χ4v) is 3.97.